The van der Waals surface area contributed by atoms with Crippen LogP contribution < -0.4 is 11.3 Å². The maximum atomic E-state index is 14.3. The predicted molar refractivity (Wildman–Crippen MR) is 157 cm³/mol. The third kappa shape index (κ3) is 5.16. The van der Waals surface area contributed by atoms with Gasteiger partial charge in [0.1, 0.15) is 23.6 Å². The van der Waals surface area contributed by atoms with Crippen molar-refractivity contribution in [1.29, 1.82) is 0 Å². The Hall–Kier alpha value is -3.82. The molecule has 2 aromatic carbocycles. The second-order valence-electron chi connectivity index (χ2n) is 10.2. The first-order valence-electron chi connectivity index (χ1n) is 13.1. The van der Waals surface area contributed by atoms with E-state index in [1.54, 1.807) is 4.90 Å². The van der Waals surface area contributed by atoms with Gasteiger partial charge in [0.05, 0.1) is 11.2 Å². The smallest absolute Gasteiger partial charge is 0.354 e. The second-order valence-corrected chi connectivity index (χ2v) is 12.3. The summed E-state index contributed by atoms with van der Waals surface area (Å²) in [5, 5.41) is 22.4. The molecule has 0 aromatic heterocycles. The molecule has 1 amide bonds. The van der Waals surface area contributed by atoms with Crippen molar-refractivity contribution in [1.82, 2.24) is 20.5 Å². The highest BCUT2D eigenvalue weighted by atomic mass is 32.2. The van der Waals surface area contributed by atoms with Crippen LogP contribution in [0.5, 0.6) is 0 Å². The summed E-state index contributed by atoms with van der Waals surface area (Å²) in [6, 6.07) is 18.3. The molecule has 2 unspecified atom stereocenters. The van der Waals surface area contributed by atoms with E-state index < -0.39 is 29.5 Å². The molecule has 4 aliphatic rings. The molecule has 12 nitrogen and oxygen atoms in total. The number of nitrogens with zero attached hydrogens (tertiary/aromatic N) is 4. The van der Waals surface area contributed by atoms with E-state index in [2.05, 4.69) is 10.5 Å². The lowest BCUT2D eigenvalue weighted by Crippen LogP contribution is -2.72. The quantitative estimate of drug-likeness (QED) is 0.240. The molecule has 14 heteroatoms. The van der Waals surface area contributed by atoms with E-state index in [4.69, 9.17) is 10.5 Å². The molecular weight excluding hydrogens is 580 g/mol. The molecule has 218 valence electrons. The van der Waals surface area contributed by atoms with E-state index in [-0.39, 0.29) is 41.8 Å². The molecule has 0 saturated carbocycles. The summed E-state index contributed by atoms with van der Waals surface area (Å²) >= 11 is 2.68. The maximum absolute atomic E-state index is 14.3. The van der Waals surface area contributed by atoms with Crippen molar-refractivity contribution in [3.05, 3.63) is 94.9 Å². The number of nitrogens with two attached hydrogens (primary N) is 1. The minimum atomic E-state index is -1.21. The number of carbonyl (C=O) groups is 3. The highest BCUT2D eigenvalue weighted by Crippen LogP contribution is 2.46. The van der Waals surface area contributed by atoms with Crippen molar-refractivity contribution in [3.63, 3.8) is 0 Å². The fourth-order valence-corrected chi connectivity index (χ4v) is 7.91. The minimum absolute atomic E-state index is 0.116. The van der Waals surface area contributed by atoms with Crippen molar-refractivity contribution in [3.8, 4) is 0 Å². The lowest BCUT2D eigenvalue weighted by Gasteiger charge is -2.53. The monoisotopic (exact) mass is 608 g/mol. The molecule has 2 fully saturated rings. The van der Waals surface area contributed by atoms with Crippen LogP contribution in [0.2, 0.25) is 0 Å². The maximum Gasteiger partial charge on any atom is 0.354 e. The number of amides is 1. The second kappa shape index (κ2) is 11.5. The highest BCUT2D eigenvalue weighted by molar-refractivity contribution is 8.03. The largest absolute Gasteiger partial charge is 0.477 e. The number of β-lactam (4-membered cyclic amide) rings is 1. The van der Waals surface area contributed by atoms with Crippen molar-refractivity contribution in [2.45, 2.75) is 17.5 Å². The zero-order chi connectivity index (χ0) is 29.4. The van der Waals surface area contributed by atoms with Gasteiger partial charge in [-0.25, -0.2) is 14.8 Å². The molecular formula is C28H28N6O6S2. The number of rotatable bonds is 9. The number of carboxylic acids is 1. The number of ether oxygens (including phenoxy) is 1. The standard InChI is InChI=1S/C28H28N6O6S2/c29-22-24(36)33-13-28(15-42-25(22)33,14-41-21-11-19(26(37)38)30-20-12-32(16-35)31-34(20)21)27(39)40-23(17-7-3-1-4-8-17)18-9-5-2-6-10-18/h1-12,22-23,25,31,35H,13-16,29H2,(H,37,38)/t22?,25-,28?/m1/s1. The zero-order valence-electron chi connectivity index (χ0n) is 22.2. The van der Waals surface area contributed by atoms with Crippen molar-refractivity contribution < 1.29 is 29.3 Å². The van der Waals surface area contributed by atoms with Gasteiger partial charge in [-0.2, -0.15) is 0 Å². The Labute approximate surface area is 249 Å². The van der Waals surface area contributed by atoms with Gasteiger partial charge in [-0.3, -0.25) is 14.6 Å². The average molecular weight is 609 g/mol. The Bertz CT molecular complexity index is 1450. The molecule has 4 aliphatic heterocycles. The van der Waals surface area contributed by atoms with E-state index in [1.165, 1.54) is 45.8 Å². The lowest BCUT2D eigenvalue weighted by molar-refractivity contribution is -0.163. The Balaban J connectivity index is 1.31. The zero-order valence-corrected chi connectivity index (χ0v) is 23.8. The number of nitrogens with one attached hydrogen (secondary N) is 1. The third-order valence-electron chi connectivity index (χ3n) is 7.36. The predicted octanol–water partition coefficient (Wildman–Crippen LogP) is 1.45. The number of benzene rings is 2. The number of hydrogen-bond acceptors (Lipinski definition) is 12. The minimum Gasteiger partial charge on any atom is -0.477 e. The first-order valence-corrected chi connectivity index (χ1v) is 15.1. The van der Waals surface area contributed by atoms with Crippen LogP contribution in [-0.4, -0.2) is 84.9 Å². The molecule has 2 aromatic rings. The number of carboxylic acid groups (broad SMARTS) is 1. The van der Waals surface area contributed by atoms with Gasteiger partial charge < -0.3 is 25.6 Å². The van der Waals surface area contributed by atoms with Gasteiger partial charge in [-0.1, -0.05) is 60.7 Å². The number of hydrogen-bond donors (Lipinski definition) is 4. The van der Waals surface area contributed by atoms with Gasteiger partial charge in [0, 0.05) is 24.1 Å². The molecule has 3 atom stereocenters. The fourth-order valence-electron chi connectivity index (χ4n) is 5.10. The number of aliphatic carboxylic acids is 1. The van der Waals surface area contributed by atoms with Crippen LogP contribution in [0.1, 0.15) is 17.2 Å². The van der Waals surface area contributed by atoms with E-state index in [0.717, 1.165) is 11.1 Å². The SMILES string of the molecule is NC1C(=O)N2CC(CSC3=CC(C(=O)O)=NC4=CN(CO)NN43)(C(=O)OC(c3ccccc3)c3ccccc3)CS[C@H]12. The summed E-state index contributed by atoms with van der Waals surface area (Å²) in [6.45, 7) is -0.257. The molecule has 6 rings (SSSR count). The fraction of sp³-hybridized carbons (Fsp3) is 0.286. The first kappa shape index (κ1) is 28.3. The molecule has 0 bridgehead atoms. The highest BCUT2D eigenvalue weighted by Gasteiger charge is 2.56. The Morgan fingerprint density at radius 1 is 1.17 bits per heavy atom. The molecule has 2 saturated heterocycles. The van der Waals surface area contributed by atoms with E-state index >= 15 is 0 Å². The van der Waals surface area contributed by atoms with Gasteiger partial charge in [-0.05, 0) is 11.1 Å². The Kier molecular flexibility index (Phi) is 7.72. The van der Waals surface area contributed by atoms with Gasteiger partial charge >= 0.3 is 11.9 Å². The number of aliphatic hydroxyl groups excluding tert-OH is 1. The number of fused-ring (bicyclic) bond motifs is 2. The number of aliphatic hydroxyl groups is 1. The summed E-state index contributed by atoms with van der Waals surface area (Å²) in [5.41, 5.74) is 9.25. The Morgan fingerprint density at radius 3 is 2.45 bits per heavy atom. The van der Waals surface area contributed by atoms with Crippen molar-refractivity contribution in [2.75, 3.05) is 24.8 Å². The summed E-state index contributed by atoms with van der Waals surface area (Å²) < 4.78 is 6.30. The van der Waals surface area contributed by atoms with Gasteiger partial charge in [0.2, 0.25) is 5.91 Å². The van der Waals surface area contributed by atoms with Crippen LogP contribution in [0.15, 0.2) is 88.8 Å². The lowest BCUT2D eigenvalue weighted by atomic mass is 9.89. The van der Waals surface area contributed by atoms with Crippen molar-refractivity contribution in [2.24, 2.45) is 16.1 Å². The topological polar surface area (TPSA) is 161 Å². The van der Waals surface area contributed by atoms with Crippen molar-refractivity contribution >= 4 is 47.1 Å². The van der Waals surface area contributed by atoms with Gasteiger partial charge in [0.25, 0.3) is 0 Å². The molecule has 4 heterocycles. The summed E-state index contributed by atoms with van der Waals surface area (Å²) in [5.74, 6) is -1.11. The van der Waals surface area contributed by atoms with Crippen LogP contribution in [0.4, 0.5) is 0 Å². The Morgan fingerprint density at radius 2 is 1.83 bits per heavy atom. The number of esters is 1. The average Bonchev–Trinajstić information content (AvgIpc) is 3.46. The summed E-state index contributed by atoms with van der Waals surface area (Å²) in [6.07, 6.45) is 2.20. The number of aliphatic imine (C=N–C) groups is 1. The van der Waals surface area contributed by atoms with Crippen LogP contribution >= 0.6 is 23.5 Å². The van der Waals surface area contributed by atoms with E-state index in [1.807, 2.05) is 60.7 Å². The van der Waals surface area contributed by atoms with Crippen LogP contribution in [0, 0.1) is 5.41 Å². The molecule has 0 aliphatic carbocycles. The third-order valence-corrected chi connectivity index (χ3v) is 10.3. The number of thioether (sulfide) groups is 2. The van der Waals surface area contributed by atoms with E-state index in [0.29, 0.717) is 10.8 Å². The van der Waals surface area contributed by atoms with Crippen LogP contribution in [0.3, 0.4) is 0 Å². The van der Waals surface area contributed by atoms with Gasteiger partial charge in [-0.15, -0.1) is 29.1 Å². The van der Waals surface area contributed by atoms with Crippen LogP contribution in [0.25, 0.3) is 0 Å². The molecule has 0 radical (unpaired) electrons. The van der Waals surface area contributed by atoms with Crippen LogP contribution in [-0.2, 0) is 19.1 Å². The molecule has 0 spiro atoms. The summed E-state index contributed by atoms with van der Waals surface area (Å²) in [4.78, 5) is 44.5. The van der Waals surface area contributed by atoms with E-state index in [9.17, 15) is 24.6 Å². The molecule has 5 N–H and O–H groups in total. The first-order chi connectivity index (χ1) is 20.3. The number of carbonyl (C=O) groups excluding carboxylic acids is 2. The normalized spacial score (nSPS) is 24.8. The summed E-state index contributed by atoms with van der Waals surface area (Å²) in [7, 11) is 0. The number of hydrazine groups is 2. The molecule has 42 heavy (non-hydrogen) atoms. The van der Waals surface area contributed by atoms with Gasteiger partial charge in [0.15, 0.2) is 17.6 Å².